The lowest BCUT2D eigenvalue weighted by Gasteiger charge is -2.40. The highest BCUT2D eigenvalue weighted by Gasteiger charge is 2.39. The second-order valence-electron chi connectivity index (χ2n) is 10.6. The molecule has 1 aliphatic carbocycles. The average Bonchev–Trinajstić information content (AvgIpc) is 2.98. The summed E-state index contributed by atoms with van der Waals surface area (Å²) in [7, 11) is 7.31. The van der Waals surface area contributed by atoms with Crippen LogP contribution >= 0.6 is 0 Å². The van der Waals surface area contributed by atoms with Crippen molar-refractivity contribution in [1.82, 2.24) is 9.97 Å². The Morgan fingerprint density at radius 3 is 2.05 bits per heavy atom. The number of para-hydroxylation sites is 1. The summed E-state index contributed by atoms with van der Waals surface area (Å²) < 4.78 is 10.9. The highest BCUT2D eigenvalue weighted by atomic mass is 16.5. The molecule has 0 bridgehead atoms. The normalized spacial score (nSPS) is 18.9. The number of methoxy groups -OCH3 is 2. The maximum Gasteiger partial charge on any atom is 0.225 e. The van der Waals surface area contributed by atoms with Gasteiger partial charge in [0, 0.05) is 37.4 Å². The van der Waals surface area contributed by atoms with E-state index in [0.717, 1.165) is 52.2 Å². The van der Waals surface area contributed by atoms with Crippen molar-refractivity contribution in [1.29, 1.82) is 0 Å². The molecule has 0 aliphatic heterocycles. The summed E-state index contributed by atoms with van der Waals surface area (Å²) in [4.78, 5) is 24.2. The van der Waals surface area contributed by atoms with Crippen LogP contribution in [0.25, 0.3) is 10.9 Å². The van der Waals surface area contributed by atoms with Gasteiger partial charge in [0.05, 0.1) is 19.7 Å². The van der Waals surface area contributed by atoms with Crippen molar-refractivity contribution in [3.05, 3.63) is 83.9 Å². The van der Waals surface area contributed by atoms with Gasteiger partial charge in [-0.1, -0.05) is 36.4 Å². The number of aromatic nitrogens is 2. The number of amides is 1. The zero-order valence-corrected chi connectivity index (χ0v) is 23.5. The number of primary amides is 1. The molecule has 1 fully saturated rings. The number of carbonyl (C=O) groups excluding carboxylic acids is 1. The molecule has 0 radical (unpaired) electrons. The van der Waals surface area contributed by atoms with E-state index in [2.05, 4.69) is 29.6 Å². The molecule has 0 spiro atoms. The second kappa shape index (κ2) is 11.8. The first kappa shape index (κ1) is 27.2. The molecule has 3 unspecified atom stereocenters. The molecule has 3 atom stereocenters. The van der Waals surface area contributed by atoms with Gasteiger partial charge in [-0.05, 0) is 72.7 Å². The Bertz CT molecular complexity index is 1410. The van der Waals surface area contributed by atoms with Crippen LogP contribution in [-0.2, 0) is 4.79 Å². The molecule has 1 heterocycles. The van der Waals surface area contributed by atoms with Crippen molar-refractivity contribution in [2.45, 2.75) is 31.2 Å². The number of nitrogens with one attached hydrogen (secondary N) is 1. The number of benzene rings is 3. The molecule has 0 saturated heterocycles. The first-order valence-corrected chi connectivity index (χ1v) is 13.7. The van der Waals surface area contributed by atoms with Crippen molar-refractivity contribution >= 4 is 28.6 Å². The summed E-state index contributed by atoms with van der Waals surface area (Å²) in [5, 5.41) is 4.69. The number of nitrogens with zero attached hydrogens (tertiary/aromatic N) is 3. The molecule has 4 aromatic rings. The standard InChI is InChI=1S/C32H37N5O3/c1-37(2)31-25-7-5-6-8-27(25)34-32(36-31)35-28-18-13-22(30(33)38)19-26(28)29(20-9-14-23(39-3)15-10-20)21-11-16-24(40-4)17-12-21/h5-12,14-17,22,26,28-29H,13,18-19H2,1-4H3,(H2,33,38)(H,34,35,36). The van der Waals surface area contributed by atoms with Crippen LogP contribution in [0.15, 0.2) is 72.8 Å². The Hall–Kier alpha value is -4.33. The maximum atomic E-state index is 12.4. The van der Waals surface area contributed by atoms with E-state index in [9.17, 15) is 4.79 Å². The van der Waals surface area contributed by atoms with E-state index in [4.69, 9.17) is 25.2 Å². The highest BCUT2D eigenvalue weighted by molar-refractivity contribution is 5.90. The molecule has 1 amide bonds. The molecule has 1 aromatic heterocycles. The van der Waals surface area contributed by atoms with Crippen molar-refractivity contribution in [3.8, 4) is 11.5 Å². The number of rotatable bonds is 9. The van der Waals surface area contributed by atoms with Gasteiger partial charge in [-0.2, -0.15) is 4.98 Å². The third kappa shape index (κ3) is 5.66. The number of hydrogen-bond acceptors (Lipinski definition) is 7. The SMILES string of the molecule is COc1ccc(C(c2ccc(OC)cc2)C2CC(C(N)=O)CCC2Nc2nc(N(C)C)c3ccccc3n2)cc1. The topological polar surface area (TPSA) is 103 Å². The van der Waals surface area contributed by atoms with Crippen LogP contribution in [0.5, 0.6) is 11.5 Å². The van der Waals surface area contributed by atoms with E-state index in [1.807, 2.05) is 67.5 Å². The van der Waals surface area contributed by atoms with Crippen LogP contribution in [0.2, 0.25) is 0 Å². The van der Waals surface area contributed by atoms with Gasteiger partial charge >= 0.3 is 0 Å². The quantitative estimate of drug-likeness (QED) is 0.300. The minimum Gasteiger partial charge on any atom is -0.497 e. The maximum absolute atomic E-state index is 12.4. The fourth-order valence-corrected chi connectivity index (χ4v) is 5.95. The third-order valence-corrected chi connectivity index (χ3v) is 8.00. The lowest BCUT2D eigenvalue weighted by Crippen LogP contribution is -2.42. The molecule has 8 heteroatoms. The Morgan fingerprint density at radius 2 is 1.50 bits per heavy atom. The summed E-state index contributed by atoms with van der Waals surface area (Å²) in [5.74, 6) is 2.63. The van der Waals surface area contributed by atoms with Crippen molar-refractivity contribution in [3.63, 3.8) is 0 Å². The summed E-state index contributed by atoms with van der Waals surface area (Å²) in [6, 6.07) is 24.4. The molecule has 40 heavy (non-hydrogen) atoms. The lowest BCUT2D eigenvalue weighted by molar-refractivity contribution is -0.123. The first-order chi connectivity index (χ1) is 19.4. The summed E-state index contributed by atoms with van der Waals surface area (Å²) in [6.07, 6.45) is 2.15. The monoisotopic (exact) mass is 539 g/mol. The van der Waals surface area contributed by atoms with Crippen LogP contribution < -0.4 is 25.4 Å². The van der Waals surface area contributed by atoms with E-state index < -0.39 is 0 Å². The summed E-state index contributed by atoms with van der Waals surface area (Å²) >= 11 is 0. The molecular formula is C32H37N5O3. The molecular weight excluding hydrogens is 502 g/mol. The van der Waals surface area contributed by atoms with Crippen LogP contribution in [0.4, 0.5) is 11.8 Å². The molecule has 1 saturated carbocycles. The van der Waals surface area contributed by atoms with Gasteiger partial charge in [0.15, 0.2) is 0 Å². The van der Waals surface area contributed by atoms with Crippen LogP contribution in [-0.4, -0.2) is 50.2 Å². The fourth-order valence-electron chi connectivity index (χ4n) is 5.95. The average molecular weight is 540 g/mol. The minimum atomic E-state index is -0.247. The first-order valence-electron chi connectivity index (χ1n) is 13.7. The van der Waals surface area contributed by atoms with Gasteiger partial charge in [-0.3, -0.25) is 4.79 Å². The van der Waals surface area contributed by atoms with Crippen molar-refractivity contribution < 1.29 is 14.3 Å². The van der Waals surface area contributed by atoms with E-state index in [1.54, 1.807) is 14.2 Å². The van der Waals surface area contributed by atoms with Crippen molar-refractivity contribution in [2.75, 3.05) is 38.5 Å². The summed E-state index contributed by atoms with van der Waals surface area (Å²) in [6.45, 7) is 0. The third-order valence-electron chi connectivity index (χ3n) is 8.00. The van der Waals surface area contributed by atoms with Gasteiger partial charge in [0.25, 0.3) is 0 Å². The second-order valence-corrected chi connectivity index (χ2v) is 10.6. The summed E-state index contributed by atoms with van der Waals surface area (Å²) in [5.41, 5.74) is 9.04. The van der Waals surface area contributed by atoms with Gasteiger partial charge in [-0.15, -0.1) is 0 Å². The van der Waals surface area contributed by atoms with Gasteiger partial charge in [-0.25, -0.2) is 4.98 Å². The number of ether oxygens (including phenoxy) is 2. The van der Waals surface area contributed by atoms with E-state index in [-0.39, 0.29) is 29.7 Å². The Labute approximate surface area is 235 Å². The lowest BCUT2D eigenvalue weighted by atomic mass is 9.67. The van der Waals surface area contributed by atoms with Crippen molar-refractivity contribution in [2.24, 2.45) is 17.6 Å². The van der Waals surface area contributed by atoms with E-state index >= 15 is 0 Å². The van der Waals surface area contributed by atoms with Gasteiger partial charge in [0.1, 0.15) is 17.3 Å². The van der Waals surface area contributed by atoms with E-state index in [1.165, 1.54) is 0 Å². The van der Waals surface area contributed by atoms with Crippen LogP contribution in [0.1, 0.15) is 36.3 Å². The molecule has 208 valence electrons. The zero-order chi connectivity index (χ0) is 28.2. The number of hydrogen-bond donors (Lipinski definition) is 2. The van der Waals surface area contributed by atoms with Crippen LogP contribution in [0.3, 0.4) is 0 Å². The highest BCUT2D eigenvalue weighted by Crippen LogP contribution is 2.44. The number of carbonyl (C=O) groups is 1. The predicted octanol–water partition coefficient (Wildman–Crippen LogP) is 5.23. The largest absolute Gasteiger partial charge is 0.497 e. The molecule has 5 rings (SSSR count). The van der Waals surface area contributed by atoms with Gasteiger partial charge in [0.2, 0.25) is 11.9 Å². The Morgan fingerprint density at radius 1 is 0.900 bits per heavy atom. The number of fused-ring (bicyclic) bond motifs is 1. The Balaban J connectivity index is 1.58. The molecule has 3 N–H and O–H groups in total. The predicted molar refractivity (Wildman–Crippen MR) is 159 cm³/mol. The zero-order valence-electron chi connectivity index (χ0n) is 23.5. The fraction of sp³-hybridized carbons (Fsp3) is 0.344. The van der Waals surface area contributed by atoms with Crippen LogP contribution in [0, 0.1) is 11.8 Å². The molecule has 1 aliphatic rings. The number of anilines is 2. The Kier molecular flexibility index (Phi) is 8.05. The number of nitrogens with two attached hydrogens (primary N) is 1. The minimum absolute atomic E-state index is 0.00904. The molecule has 3 aromatic carbocycles. The van der Waals surface area contributed by atoms with Gasteiger partial charge < -0.3 is 25.4 Å². The smallest absolute Gasteiger partial charge is 0.225 e. The molecule has 8 nitrogen and oxygen atoms in total. The van der Waals surface area contributed by atoms with E-state index in [0.29, 0.717) is 12.4 Å².